The van der Waals surface area contributed by atoms with Crippen LogP contribution < -0.4 is 15.0 Å². The Morgan fingerprint density at radius 1 is 0.935 bits per heavy atom. The molecule has 0 aliphatic heterocycles. The van der Waals surface area contributed by atoms with E-state index in [1.165, 1.54) is 28.3 Å². The molecule has 0 bridgehead atoms. The summed E-state index contributed by atoms with van der Waals surface area (Å²) in [6.07, 6.45) is -1.61. The third kappa shape index (κ3) is 12.5. The molecule has 0 unspecified atom stereocenters. The van der Waals surface area contributed by atoms with Gasteiger partial charge in [-0.2, -0.15) is 0 Å². The molecule has 12 heteroatoms. The molecule has 12 nitrogen and oxygen atoms in total. The van der Waals surface area contributed by atoms with Crippen molar-refractivity contribution in [1.29, 1.82) is 0 Å². The van der Waals surface area contributed by atoms with Crippen molar-refractivity contribution in [2.75, 3.05) is 57.8 Å². The van der Waals surface area contributed by atoms with Crippen molar-refractivity contribution in [2.45, 2.75) is 13.8 Å². The molecular weight excluding hydrogens is 416 g/mol. The summed E-state index contributed by atoms with van der Waals surface area (Å²) in [6, 6.07) is 5.09. The van der Waals surface area contributed by atoms with Gasteiger partial charge in [0.25, 0.3) is 5.97 Å². The van der Waals surface area contributed by atoms with Gasteiger partial charge in [-0.05, 0) is 18.2 Å². The van der Waals surface area contributed by atoms with Crippen LogP contribution in [0.15, 0.2) is 18.2 Å². The summed E-state index contributed by atoms with van der Waals surface area (Å²) in [5.74, 6) is -0.527. The normalized spacial score (nSPS) is 9.32. The average molecular weight is 444 g/mol. The van der Waals surface area contributed by atoms with Gasteiger partial charge in [0.1, 0.15) is 19.0 Å². The Hall–Kier alpha value is -3.70. The van der Waals surface area contributed by atoms with Crippen LogP contribution >= 0.6 is 0 Å². The second-order valence-electron chi connectivity index (χ2n) is 5.68. The number of carboxylic acid groups (broad SMARTS) is 1. The van der Waals surface area contributed by atoms with E-state index < -0.39 is 18.3 Å². The van der Waals surface area contributed by atoms with Gasteiger partial charge in [0.2, 0.25) is 5.91 Å². The van der Waals surface area contributed by atoms with Crippen LogP contribution in [0.25, 0.3) is 0 Å². The van der Waals surface area contributed by atoms with Crippen molar-refractivity contribution in [3.05, 3.63) is 18.2 Å². The highest BCUT2D eigenvalue weighted by Gasteiger charge is 2.16. The summed E-state index contributed by atoms with van der Waals surface area (Å²) in [7, 11) is 3.93. The highest BCUT2D eigenvalue weighted by molar-refractivity contribution is 5.89. The van der Waals surface area contributed by atoms with Gasteiger partial charge in [0.15, 0.2) is 0 Å². The molecule has 31 heavy (non-hydrogen) atoms. The van der Waals surface area contributed by atoms with E-state index in [0.29, 0.717) is 17.1 Å². The number of hydrogen-bond donors (Lipinski definition) is 2. The van der Waals surface area contributed by atoms with Gasteiger partial charge in [-0.15, -0.1) is 0 Å². The minimum atomic E-state index is -0.833. The monoisotopic (exact) mass is 444 g/mol. The van der Waals surface area contributed by atoms with E-state index in [2.05, 4.69) is 14.8 Å². The number of anilines is 2. The topological polar surface area (TPSA) is 150 Å². The summed E-state index contributed by atoms with van der Waals surface area (Å²) >= 11 is 0. The van der Waals surface area contributed by atoms with Crippen molar-refractivity contribution < 1.29 is 48.0 Å². The smallest absolute Gasteiger partial charge is 0.495 e. The molecule has 0 aliphatic rings. The zero-order valence-electron chi connectivity index (χ0n) is 18.1. The lowest BCUT2D eigenvalue weighted by molar-refractivity contribution is -0.134. The lowest BCUT2D eigenvalue weighted by Crippen LogP contribution is -2.32. The molecule has 0 heterocycles. The molecule has 2 N–H and O–H groups in total. The van der Waals surface area contributed by atoms with Crippen LogP contribution in [-0.2, 0) is 28.5 Å². The third-order valence-electron chi connectivity index (χ3n) is 3.34. The minimum Gasteiger partial charge on any atom is -0.495 e. The largest absolute Gasteiger partial charge is 0.508 e. The van der Waals surface area contributed by atoms with Gasteiger partial charge in [-0.1, -0.05) is 0 Å². The lowest BCUT2D eigenvalue weighted by atomic mass is 10.2. The maximum absolute atomic E-state index is 11.3. The number of nitrogens with one attached hydrogen (secondary N) is 1. The van der Waals surface area contributed by atoms with Gasteiger partial charge in [-0.25, -0.2) is 9.59 Å². The fraction of sp³-hybridized carbons (Fsp3) is 0.474. The van der Waals surface area contributed by atoms with Gasteiger partial charge < -0.3 is 39.0 Å². The van der Waals surface area contributed by atoms with Crippen molar-refractivity contribution in [1.82, 2.24) is 0 Å². The third-order valence-corrected chi connectivity index (χ3v) is 3.34. The standard InChI is InChI=1S/C17H24N2O8.C2H4O2/c1-12(20)18-13-5-6-15(23-2)14(11-13)19(7-9-26-16(21)24-3)8-10-27-17(22)25-4;1-2(3)4/h5-6,11H,7-10H2,1-4H3,(H,18,20);1H3,(H,3,4). The number of carbonyl (C=O) groups is 4. The predicted molar refractivity (Wildman–Crippen MR) is 110 cm³/mol. The van der Waals surface area contributed by atoms with Crippen LogP contribution in [-0.4, -0.2) is 76.9 Å². The number of benzene rings is 1. The highest BCUT2D eigenvalue weighted by atomic mass is 16.7. The number of nitrogens with zero attached hydrogens (tertiary/aromatic N) is 1. The second-order valence-corrected chi connectivity index (χ2v) is 5.68. The SMILES string of the molecule is CC(=O)O.COC(=O)OCCN(CCOC(=O)OC)c1cc(NC(C)=O)ccc1OC. The van der Waals surface area contributed by atoms with Crippen molar-refractivity contribution >= 4 is 35.6 Å². The van der Waals surface area contributed by atoms with Crippen LogP contribution in [0.1, 0.15) is 13.8 Å². The van der Waals surface area contributed by atoms with Crippen LogP contribution in [0.5, 0.6) is 5.75 Å². The fourth-order valence-electron chi connectivity index (χ4n) is 2.17. The Labute approximate surface area is 179 Å². The average Bonchev–Trinajstić information content (AvgIpc) is 2.71. The van der Waals surface area contributed by atoms with E-state index in [-0.39, 0.29) is 32.2 Å². The number of amides is 1. The molecule has 1 amide bonds. The minimum absolute atomic E-state index is 0.0262. The van der Waals surface area contributed by atoms with Crippen LogP contribution in [0.2, 0.25) is 0 Å². The summed E-state index contributed by atoms with van der Waals surface area (Å²) in [6.45, 7) is 3.06. The molecular formula is C19H28N2O10. The first-order valence-corrected chi connectivity index (χ1v) is 8.96. The molecule has 0 aromatic heterocycles. The number of hydrogen-bond acceptors (Lipinski definition) is 10. The summed E-state index contributed by atoms with van der Waals surface area (Å²) < 4.78 is 24.1. The van der Waals surface area contributed by atoms with Crippen molar-refractivity contribution in [2.24, 2.45) is 0 Å². The first kappa shape index (κ1) is 27.3. The molecule has 0 aliphatic carbocycles. The Morgan fingerprint density at radius 2 is 1.42 bits per heavy atom. The zero-order valence-corrected chi connectivity index (χ0v) is 18.1. The van der Waals surface area contributed by atoms with E-state index in [9.17, 15) is 14.4 Å². The Morgan fingerprint density at radius 3 is 1.81 bits per heavy atom. The molecule has 1 aromatic rings. The van der Waals surface area contributed by atoms with E-state index >= 15 is 0 Å². The number of ether oxygens (including phenoxy) is 5. The summed E-state index contributed by atoms with van der Waals surface area (Å²) in [5, 5.41) is 10.1. The molecule has 0 spiro atoms. The Bertz CT molecular complexity index is 712. The summed E-state index contributed by atoms with van der Waals surface area (Å²) in [5.41, 5.74) is 1.18. The van der Waals surface area contributed by atoms with Crippen molar-refractivity contribution in [3.8, 4) is 5.75 Å². The lowest BCUT2D eigenvalue weighted by Gasteiger charge is -2.26. The van der Waals surface area contributed by atoms with Crippen LogP contribution in [0.3, 0.4) is 0 Å². The maximum atomic E-state index is 11.3. The molecule has 0 fully saturated rings. The Kier molecular flexibility index (Phi) is 13.4. The van der Waals surface area contributed by atoms with E-state index in [1.807, 2.05) is 0 Å². The fourth-order valence-corrected chi connectivity index (χ4v) is 2.17. The first-order valence-electron chi connectivity index (χ1n) is 8.96. The van der Waals surface area contributed by atoms with Gasteiger partial charge in [-0.3, -0.25) is 9.59 Å². The number of carbonyl (C=O) groups excluding carboxylic acids is 3. The quantitative estimate of drug-likeness (QED) is 0.539. The molecule has 0 atom stereocenters. The number of methoxy groups -OCH3 is 3. The van der Waals surface area contributed by atoms with Crippen LogP contribution in [0.4, 0.5) is 21.0 Å². The molecule has 1 aromatic carbocycles. The van der Waals surface area contributed by atoms with Gasteiger partial charge in [0, 0.05) is 19.5 Å². The summed E-state index contributed by atoms with van der Waals surface area (Å²) in [4.78, 5) is 44.4. The number of rotatable bonds is 9. The van der Waals surface area contributed by atoms with Gasteiger partial charge >= 0.3 is 12.3 Å². The molecule has 0 radical (unpaired) electrons. The van der Waals surface area contributed by atoms with E-state index in [1.54, 1.807) is 23.1 Å². The van der Waals surface area contributed by atoms with Gasteiger partial charge in [0.05, 0.1) is 40.1 Å². The predicted octanol–water partition coefficient (Wildman–Crippen LogP) is 2.12. The second kappa shape index (κ2) is 15.2. The van der Waals surface area contributed by atoms with Crippen LogP contribution in [0, 0.1) is 0 Å². The Balaban J connectivity index is 0.00000206. The zero-order chi connectivity index (χ0) is 23.8. The first-order chi connectivity index (χ1) is 14.6. The molecule has 174 valence electrons. The highest BCUT2D eigenvalue weighted by Crippen LogP contribution is 2.31. The maximum Gasteiger partial charge on any atom is 0.508 e. The number of aliphatic carboxylic acids is 1. The molecule has 0 saturated heterocycles. The molecule has 0 saturated carbocycles. The van der Waals surface area contributed by atoms with E-state index in [4.69, 9.17) is 24.1 Å². The number of carboxylic acids is 1. The van der Waals surface area contributed by atoms with E-state index in [0.717, 1.165) is 6.92 Å². The van der Waals surface area contributed by atoms with Crippen molar-refractivity contribution in [3.63, 3.8) is 0 Å². The molecule has 1 rings (SSSR count).